The summed E-state index contributed by atoms with van der Waals surface area (Å²) in [7, 11) is 1.71. The molecule has 0 bridgehead atoms. The van der Waals surface area contributed by atoms with Crippen molar-refractivity contribution in [1.82, 2.24) is 25.2 Å². The number of hydrogen-bond acceptors (Lipinski definition) is 7. The Morgan fingerprint density at radius 1 is 1.36 bits per heavy atom. The van der Waals surface area contributed by atoms with E-state index < -0.39 is 5.97 Å². The Morgan fingerprint density at radius 2 is 2.14 bits per heavy atom. The number of thiazole rings is 1. The van der Waals surface area contributed by atoms with Crippen LogP contribution in [0.5, 0.6) is 5.75 Å². The molecule has 3 aromatic rings. The second-order valence-corrected chi connectivity index (χ2v) is 8.01. The van der Waals surface area contributed by atoms with E-state index in [1.807, 2.05) is 18.2 Å². The van der Waals surface area contributed by atoms with Crippen LogP contribution in [0.15, 0.2) is 18.2 Å². The average molecular weight is 399 g/mol. The van der Waals surface area contributed by atoms with Crippen molar-refractivity contribution in [2.75, 3.05) is 6.61 Å². The maximum atomic E-state index is 11.3. The normalized spacial score (nSPS) is 14.5. The standard InChI is InChI=1S/C19H21N5O3S/c1-11-16(19(25)26)28-18(20-11)13-7-8-15(27-10-12-5-3-4-6-12)14(9-13)17-21-23-24(2)22-17/h7-9,12H,3-6,10H2,1-2H3,(H,25,26). The molecular formula is C19H21N5O3S. The predicted octanol–water partition coefficient (Wildman–Crippen LogP) is 3.58. The monoisotopic (exact) mass is 399 g/mol. The fraction of sp³-hybridized carbons (Fsp3) is 0.421. The number of benzene rings is 1. The fourth-order valence-corrected chi connectivity index (χ4v) is 4.36. The molecule has 2 heterocycles. The van der Waals surface area contributed by atoms with Gasteiger partial charge < -0.3 is 9.84 Å². The summed E-state index contributed by atoms with van der Waals surface area (Å²) < 4.78 is 6.11. The molecule has 2 aromatic heterocycles. The number of carboxylic acids is 1. The highest BCUT2D eigenvalue weighted by atomic mass is 32.1. The third-order valence-electron chi connectivity index (χ3n) is 4.92. The van der Waals surface area contributed by atoms with Crippen LogP contribution in [0, 0.1) is 12.8 Å². The lowest BCUT2D eigenvalue weighted by atomic mass is 10.1. The summed E-state index contributed by atoms with van der Waals surface area (Å²) in [5.41, 5.74) is 2.04. The molecule has 9 heteroatoms. The molecule has 1 aliphatic carbocycles. The zero-order valence-corrected chi connectivity index (χ0v) is 16.6. The third-order valence-corrected chi connectivity index (χ3v) is 6.11. The van der Waals surface area contributed by atoms with Crippen molar-refractivity contribution in [3.05, 3.63) is 28.8 Å². The van der Waals surface area contributed by atoms with Crippen molar-refractivity contribution in [3.63, 3.8) is 0 Å². The van der Waals surface area contributed by atoms with Gasteiger partial charge in [-0.1, -0.05) is 12.8 Å². The molecule has 1 fully saturated rings. The van der Waals surface area contributed by atoms with Crippen LogP contribution in [0.2, 0.25) is 0 Å². The van der Waals surface area contributed by atoms with E-state index in [0.29, 0.717) is 34.8 Å². The van der Waals surface area contributed by atoms with E-state index in [1.54, 1.807) is 14.0 Å². The fourth-order valence-electron chi connectivity index (χ4n) is 3.46. The maximum Gasteiger partial charge on any atom is 0.347 e. The summed E-state index contributed by atoms with van der Waals surface area (Å²) in [6, 6.07) is 5.67. The van der Waals surface area contributed by atoms with Gasteiger partial charge in [-0.25, -0.2) is 9.78 Å². The van der Waals surface area contributed by atoms with Crippen molar-refractivity contribution >= 4 is 17.3 Å². The van der Waals surface area contributed by atoms with E-state index in [1.165, 1.54) is 30.5 Å². The molecule has 8 nitrogen and oxygen atoms in total. The van der Waals surface area contributed by atoms with E-state index in [-0.39, 0.29) is 4.88 Å². The number of aromatic carboxylic acids is 1. The van der Waals surface area contributed by atoms with E-state index in [2.05, 4.69) is 20.4 Å². The summed E-state index contributed by atoms with van der Waals surface area (Å²) in [5, 5.41) is 22.3. The van der Waals surface area contributed by atoms with Crippen LogP contribution in [-0.4, -0.2) is 42.9 Å². The molecule has 1 aromatic carbocycles. The Kier molecular flexibility index (Phi) is 5.08. The Hall–Kier alpha value is -2.81. The first-order chi connectivity index (χ1) is 13.5. The number of nitrogens with zero attached hydrogens (tertiary/aromatic N) is 5. The zero-order valence-electron chi connectivity index (χ0n) is 15.8. The van der Waals surface area contributed by atoms with Crippen LogP contribution in [0.1, 0.15) is 41.0 Å². The van der Waals surface area contributed by atoms with E-state index in [4.69, 9.17) is 4.74 Å². The first-order valence-corrected chi connectivity index (χ1v) is 10.0. The highest BCUT2D eigenvalue weighted by molar-refractivity contribution is 7.17. The van der Waals surface area contributed by atoms with E-state index in [0.717, 1.165) is 22.5 Å². The first kappa shape index (κ1) is 18.5. The number of carboxylic acid groups (broad SMARTS) is 1. The minimum atomic E-state index is -0.964. The lowest BCUT2D eigenvalue weighted by Crippen LogP contribution is -2.08. The minimum Gasteiger partial charge on any atom is -0.493 e. The Balaban J connectivity index is 1.69. The van der Waals surface area contributed by atoms with Gasteiger partial charge >= 0.3 is 5.97 Å². The highest BCUT2D eigenvalue weighted by Gasteiger charge is 2.20. The Bertz CT molecular complexity index is 1010. The molecule has 0 aliphatic heterocycles. The first-order valence-electron chi connectivity index (χ1n) is 9.23. The van der Waals surface area contributed by atoms with Crippen molar-refractivity contribution in [1.29, 1.82) is 0 Å². The van der Waals surface area contributed by atoms with Crippen molar-refractivity contribution in [2.24, 2.45) is 13.0 Å². The summed E-state index contributed by atoms with van der Waals surface area (Å²) in [6.07, 6.45) is 4.93. The van der Waals surface area contributed by atoms with Crippen molar-refractivity contribution in [3.8, 4) is 27.7 Å². The summed E-state index contributed by atoms with van der Waals surface area (Å²) in [4.78, 5) is 17.4. The smallest absolute Gasteiger partial charge is 0.347 e. The quantitative estimate of drug-likeness (QED) is 0.676. The molecule has 0 saturated heterocycles. The van der Waals surface area contributed by atoms with E-state index in [9.17, 15) is 9.90 Å². The SMILES string of the molecule is Cc1nc(-c2ccc(OCC3CCCC3)c(-c3nnn(C)n3)c2)sc1C(=O)O. The van der Waals surface area contributed by atoms with Crippen LogP contribution in [-0.2, 0) is 7.05 Å². The Morgan fingerprint density at radius 3 is 2.79 bits per heavy atom. The Labute approximate surface area is 166 Å². The van der Waals surface area contributed by atoms with Crippen LogP contribution in [0.25, 0.3) is 22.0 Å². The maximum absolute atomic E-state index is 11.3. The molecule has 0 unspecified atom stereocenters. The summed E-state index contributed by atoms with van der Waals surface area (Å²) in [6.45, 7) is 2.37. The molecule has 1 saturated carbocycles. The molecule has 0 atom stereocenters. The average Bonchev–Trinajstić information content (AvgIpc) is 3.41. The van der Waals surface area contributed by atoms with Gasteiger partial charge in [0.15, 0.2) is 0 Å². The number of aryl methyl sites for hydroxylation is 2. The van der Waals surface area contributed by atoms with Crippen LogP contribution in [0.4, 0.5) is 0 Å². The van der Waals surface area contributed by atoms with Gasteiger partial charge in [-0.3, -0.25) is 0 Å². The molecule has 4 rings (SSSR count). The van der Waals surface area contributed by atoms with Gasteiger partial charge in [0.2, 0.25) is 5.82 Å². The number of hydrogen-bond donors (Lipinski definition) is 1. The van der Waals surface area contributed by atoms with Crippen molar-refractivity contribution in [2.45, 2.75) is 32.6 Å². The highest BCUT2D eigenvalue weighted by Crippen LogP contribution is 2.36. The van der Waals surface area contributed by atoms with E-state index >= 15 is 0 Å². The van der Waals surface area contributed by atoms with Gasteiger partial charge in [-0.05, 0) is 49.1 Å². The summed E-state index contributed by atoms with van der Waals surface area (Å²) >= 11 is 1.16. The number of tetrazole rings is 1. The largest absolute Gasteiger partial charge is 0.493 e. The number of ether oxygens (including phenoxy) is 1. The van der Waals surface area contributed by atoms with Gasteiger partial charge in [0, 0.05) is 5.56 Å². The van der Waals surface area contributed by atoms with Crippen LogP contribution >= 0.6 is 11.3 Å². The van der Waals surface area contributed by atoms with Crippen LogP contribution in [0.3, 0.4) is 0 Å². The lowest BCUT2D eigenvalue weighted by molar-refractivity contribution is 0.0701. The molecule has 0 amide bonds. The van der Waals surface area contributed by atoms with Gasteiger partial charge in [-0.2, -0.15) is 4.80 Å². The van der Waals surface area contributed by atoms with Crippen LogP contribution < -0.4 is 4.74 Å². The lowest BCUT2D eigenvalue weighted by Gasteiger charge is -2.14. The molecule has 146 valence electrons. The van der Waals surface area contributed by atoms with Gasteiger partial charge in [0.25, 0.3) is 0 Å². The molecule has 1 N–H and O–H groups in total. The molecule has 0 radical (unpaired) electrons. The van der Waals surface area contributed by atoms with Crippen molar-refractivity contribution < 1.29 is 14.6 Å². The number of rotatable bonds is 6. The summed E-state index contributed by atoms with van der Waals surface area (Å²) in [5.74, 6) is 0.795. The second kappa shape index (κ2) is 7.67. The zero-order chi connectivity index (χ0) is 19.7. The minimum absolute atomic E-state index is 0.246. The topological polar surface area (TPSA) is 103 Å². The van der Waals surface area contributed by atoms with Gasteiger partial charge in [0.1, 0.15) is 15.6 Å². The molecule has 1 aliphatic rings. The third kappa shape index (κ3) is 3.75. The van der Waals surface area contributed by atoms with Gasteiger partial charge in [-0.15, -0.1) is 21.5 Å². The number of carbonyl (C=O) groups is 1. The molecular weight excluding hydrogens is 378 g/mol. The second-order valence-electron chi connectivity index (χ2n) is 7.01. The molecule has 28 heavy (non-hydrogen) atoms. The van der Waals surface area contributed by atoms with Gasteiger partial charge in [0.05, 0.1) is 24.9 Å². The number of aromatic nitrogens is 5. The molecule has 0 spiro atoms. The predicted molar refractivity (Wildman–Crippen MR) is 104 cm³/mol.